The molecule has 0 aromatic heterocycles. The lowest BCUT2D eigenvalue weighted by Gasteiger charge is -2.14. The van der Waals surface area contributed by atoms with Crippen LogP contribution in [-0.2, 0) is 12.8 Å². The average molecular weight is 323 g/mol. The molecule has 1 unspecified atom stereocenters. The van der Waals surface area contributed by atoms with Crippen molar-refractivity contribution >= 4 is 15.9 Å². The molecule has 1 atom stereocenters. The van der Waals surface area contributed by atoms with E-state index in [0.717, 1.165) is 22.9 Å². The van der Waals surface area contributed by atoms with Gasteiger partial charge in [-0.2, -0.15) is 0 Å². The summed E-state index contributed by atoms with van der Waals surface area (Å²) in [5.74, 6) is -0.0731. The van der Waals surface area contributed by atoms with Crippen LogP contribution in [0.1, 0.15) is 11.1 Å². The van der Waals surface area contributed by atoms with Crippen LogP contribution in [0.5, 0.6) is 0 Å². The maximum Gasteiger partial charge on any atom is 0.123 e. The maximum absolute atomic E-state index is 12.8. The van der Waals surface area contributed by atoms with Crippen molar-refractivity contribution in [3.8, 4) is 0 Å². The third-order valence-electron chi connectivity index (χ3n) is 3.11. The van der Waals surface area contributed by atoms with Gasteiger partial charge in [-0.05, 0) is 54.2 Å². The molecular weight excluding hydrogens is 307 g/mol. The van der Waals surface area contributed by atoms with Gasteiger partial charge in [0.1, 0.15) is 5.82 Å². The van der Waals surface area contributed by atoms with Crippen LogP contribution < -0.4 is 0 Å². The van der Waals surface area contributed by atoms with E-state index in [4.69, 9.17) is 0 Å². The Morgan fingerprint density at radius 3 is 2.32 bits per heavy atom. The van der Waals surface area contributed by atoms with Gasteiger partial charge >= 0.3 is 0 Å². The van der Waals surface area contributed by atoms with E-state index in [-0.39, 0.29) is 18.3 Å². The standard InChI is InChI=1S/C16H16BrFO/c17-15-3-1-2-13(10-15)9-14(11-19)8-12-4-6-16(18)7-5-12/h1-7,10,14,19H,8-9,11H2. The summed E-state index contributed by atoms with van der Waals surface area (Å²) in [5.41, 5.74) is 2.24. The van der Waals surface area contributed by atoms with Gasteiger partial charge in [0.25, 0.3) is 0 Å². The topological polar surface area (TPSA) is 20.2 Å². The Morgan fingerprint density at radius 2 is 1.68 bits per heavy atom. The summed E-state index contributed by atoms with van der Waals surface area (Å²) in [5, 5.41) is 9.49. The fourth-order valence-electron chi connectivity index (χ4n) is 2.15. The van der Waals surface area contributed by atoms with Crippen molar-refractivity contribution in [1.82, 2.24) is 0 Å². The molecule has 1 N–H and O–H groups in total. The number of benzene rings is 2. The molecule has 2 aromatic rings. The molecule has 0 saturated heterocycles. The molecule has 0 amide bonds. The summed E-state index contributed by atoms with van der Waals surface area (Å²) in [7, 11) is 0. The number of aliphatic hydroxyl groups excluding tert-OH is 1. The summed E-state index contributed by atoms with van der Waals surface area (Å²) < 4.78 is 13.9. The highest BCUT2D eigenvalue weighted by Gasteiger charge is 2.10. The Kier molecular flexibility index (Phi) is 5.11. The molecular formula is C16H16BrFO. The minimum Gasteiger partial charge on any atom is -0.396 e. The molecule has 0 aliphatic carbocycles. The van der Waals surface area contributed by atoms with Gasteiger partial charge in [-0.15, -0.1) is 0 Å². The van der Waals surface area contributed by atoms with Crippen LogP contribution in [0.15, 0.2) is 53.0 Å². The van der Waals surface area contributed by atoms with Crippen molar-refractivity contribution in [2.24, 2.45) is 5.92 Å². The molecule has 0 radical (unpaired) electrons. The highest BCUT2D eigenvalue weighted by atomic mass is 79.9. The minimum atomic E-state index is -0.226. The van der Waals surface area contributed by atoms with Crippen LogP contribution in [-0.4, -0.2) is 11.7 Å². The van der Waals surface area contributed by atoms with Crippen LogP contribution in [0.4, 0.5) is 4.39 Å². The number of aliphatic hydroxyl groups is 1. The number of hydrogen-bond donors (Lipinski definition) is 1. The van der Waals surface area contributed by atoms with E-state index in [1.165, 1.54) is 17.7 Å². The van der Waals surface area contributed by atoms with Crippen LogP contribution in [0.2, 0.25) is 0 Å². The van der Waals surface area contributed by atoms with E-state index >= 15 is 0 Å². The monoisotopic (exact) mass is 322 g/mol. The minimum absolute atomic E-state index is 0.129. The van der Waals surface area contributed by atoms with Crippen molar-refractivity contribution in [1.29, 1.82) is 0 Å². The molecule has 1 nitrogen and oxygen atoms in total. The van der Waals surface area contributed by atoms with E-state index in [2.05, 4.69) is 28.1 Å². The van der Waals surface area contributed by atoms with Crippen LogP contribution in [0.3, 0.4) is 0 Å². The fourth-order valence-corrected chi connectivity index (χ4v) is 2.60. The summed E-state index contributed by atoms with van der Waals surface area (Å²) >= 11 is 3.44. The van der Waals surface area contributed by atoms with Gasteiger partial charge in [-0.3, -0.25) is 0 Å². The van der Waals surface area contributed by atoms with E-state index < -0.39 is 0 Å². The highest BCUT2D eigenvalue weighted by Crippen LogP contribution is 2.18. The number of halogens is 2. The van der Waals surface area contributed by atoms with Gasteiger partial charge in [0.2, 0.25) is 0 Å². The average Bonchev–Trinajstić information content (AvgIpc) is 2.40. The van der Waals surface area contributed by atoms with Crippen molar-refractivity contribution in [3.05, 3.63) is 69.9 Å². The first-order chi connectivity index (χ1) is 9.17. The molecule has 0 fully saturated rings. The molecule has 0 aliphatic rings. The Labute approximate surface area is 121 Å². The first-order valence-corrected chi connectivity index (χ1v) is 7.06. The molecule has 2 aromatic carbocycles. The van der Waals surface area contributed by atoms with Gasteiger partial charge in [0.15, 0.2) is 0 Å². The SMILES string of the molecule is OCC(Cc1ccc(F)cc1)Cc1cccc(Br)c1. The highest BCUT2D eigenvalue weighted by molar-refractivity contribution is 9.10. The van der Waals surface area contributed by atoms with E-state index in [9.17, 15) is 9.50 Å². The molecule has 0 spiro atoms. The smallest absolute Gasteiger partial charge is 0.123 e. The van der Waals surface area contributed by atoms with E-state index in [1.807, 2.05) is 12.1 Å². The van der Waals surface area contributed by atoms with Gasteiger partial charge in [0.05, 0.1) is 0 Å². The quantitative estimate of drug-likeness (QED) is 0.882. The Hall–Kier alpha value is -1.19. The zero-order valence-corrected chi connectivity index (χ0v) is 12.1. The zero-order chi connectivity index (χ0) is 13.7. The first kappa shape index (κ1) is 14.2. The largest absolute Gasteiger partial charge is 0.396 e. The third kappa shape index (κ3) is 4.44. The van der Waals surface area contributed by atoms with Crippen LogP contribution in [0, 0.1) is 11.7 Å². The van der Waals surface area contributed by atoms with Crippen molar-refractivity contribution in [2.45, 2.75) is 12.8 Å². The van der Waals surface area contributed by atoms with E-state index in [0.29, 0.717) is 0 Å². The Morgan fingerprint density at radius 1 is 1.00 bits per heavy atom. The molecule has 0 bridgehead atoms. The van der Waals surface area contributed by atoms with Crippen LogP contribution in [0.25, 0.3) is 0 Å². The predicted octanol–water partition coefficient (Wildman–Crippen LogP) is 3.98. The van der Waals surface area contributed by atoms with Crippen LogP contribution >= 0.6 is 15.9 Å². The van der Waals surface area contributed by atoms with Gasteiger partial charge < -0.3 is 5.11 Å². The number of hydrogen-bond acceptors (Lipinski definition) is 1. The molecule has 0 aliphatic heterocycles. The molecule has 19 heavy (non-hydrogen) atoms. The third-order valence-corrected chi connectivity index (χ3v) is 3.60. The summed E-state index contributed by atoms with van der Waals surface area (Å²) in [4.78, 5) is 0. The zero-order valence-electron chi connectivity index (χ0n) is 10.5. The lowest BCUT2D eigenvalue weighted by Crippen LogP contribution is -2.13. The van der Waals surface area contributed by atoms with Crippen molar-refractivity contribution in [3.63, 3.8) is 0 Å². The second-order valence-electron chi connectivity index (χ2n) is 4.71. The maximum atomic E-state index is 12.8. The second-order valence-corrected chi connectivity index (χ2v) is 5.63. The normalized spacial score (nSPS) is 12.4. The molecule has 3 heteroatoms. The lowest BCUT2D eigenvalue weighted by atomic mass is 9.93. The summed E-state index contributed by atoms with van der Waals surface area (Å²) in [6.07, 6.45) is 1.57. The fraction of sp³-hybridized carbons (Fsp3) is 0.250. The summed E-state index contributed by atoms with van der Waals surface area (Å²) in [6, 6.07) is 14.6. The predicted molar refractivity (Wildman–Crippen MR) is 78.5 cm³/mol. The molecule has 0 saturated carbocycles. The molecule has 100 valence electrons. The molecule has 2 rings (SSSR count). The second kappa shape index (κ2) is 6.83. The Bertz CT molecular complexity index is 525. The lowest BCUT2D eigenvalue weighted by molar-refractivity contribution is 0.225. The van der Waals surface area contributed by atoms with Gasteiger partial charge in [-0.1, -0.05) is 40.2 Å². The summed E-state index contributed by atoms with van der Waals surface area (Å²) in [6.45, 7) is 0.129. The first-order valence-electron chi connectivity index (χ1n) is 6.27. The molecule has 0 heterocycles. The van der Waals surface area contributed by atoms with E-state index in [1.54, 1.807) is 12.1 Å². The van der Waals surface area contributed by atoms with Crippen molar-refractivity contribution in [2.75, 3.05) is 6.61 Å². The van der Waals surface area contributed by atoms with Gasteiger partial charge in [-0.25, -0.2) is 4.39 Å². The van der Waals surface area contributed by atoms with Crippen molar-refractivity contribution < 1.29 is 9.50 Å². The van der Waals surface area contributed by atoms with Gasteiger partial charge in [0, 0.05) is 11.1 Å². The Balaban J connectivity index is 2.02. The number of rotatable bonds is 5.